The van der Waals surface area contributed by atoms with Crippen molar-refractivity contribution in [1.82, 2.24) is 10.2 Å². The highest BCUT2D eigenvalue weighted by Gasteiger charge is 2.64. The Hall–Kier alpha value is -1.38. The monoisotopic (exact) mass is 283 g/mol. The molecule has 3 N–H and O–H groups in total. The summed E-state index contributed by atoms with van der Waals surface area (Å²) in [5.74, 6) is -1.30. The van der Waals surface area contributed by atoms with Crippen LogP contribution in [0.25, 0.3) is 0 Å². The molecule has 1 heterocycles. The summed E-state index contributed by atoms with van der Waals surface area (Å²) >= 11 is 4.59. The second-order valence-electron chi connectivity index (χ2n) is 4.08. The fourth-order valence-corrected chi connectivity index (χ4v) is 1.65. The van der Waals surface area contributed by atoms with E-state index in [1.54, 1.807) is 5.32 Å². The van der Waals surface area contributed by atoms with Crippen molar-refractivity contribution in [3.63, 3.8) is 0 Å². The quantitative estimate of drug-likeness (QED) is 0.594. The summed E-state index contributed by atoms with van der Waals surface area (Å²) in [6.07, 6.45) is -4.34. The first kappa shape index (κ1) is 14.7. The van der Waals surface area contributed by atoms with Gasteiger partial charge in [-0.25, -0.2) is 4.79 Å². The van der Waals surface area contributed by atoms with E-state index in [9.17, 15) is 22.8 Å². The van der Waals surface area contributed by atoms with Gasteiger partial charge in [0.2, 0.25) is 5.54 Å². The summed E-state index contributed by atoms with van der Waals surface area (Å²) in [7, 11) is 0. The number of hydrogen-bond donors (Lipinski definition) is 2. The van der Waals surface area contributed by atoms with Crippen LogP contribution < -0.4 is 11.1 Å². The van der Waals surface area contributed by atoms with Crippen molar-refractivity contribution in [3.8, 4) is 0 Å². The topological polar surface area (TPSA) is 75.4 Å². The molecule has 102 valence electrons. The molecule has 0 aliphatic carbocycles. The number of imide groups is 1. The van der Waals surface area contributed by atoms with E-state index < -0.39 is 23.7 Å². The van der Waals surface area contributed by atoms with Crippen LogP contribution in [0.4, 0.5) is 18.0 Å². The summed E-state index contributed by atoms with van der Waals surface area (Å²) in [4.78, 5) is 23.7. The number of urea groups is 1. The molecule has 0 radical (unpaired) electrons. The van der Waals surface area contributed by atoms with Crippen molar-refractivity contribution in [3.05, 3.63) is 0 Å². The molecule has 0 aromatic rings. The molecule has 1 aliphatic heterocycles. The lowest BCUT2D eigenvalue weighted by Gasteiger charge is -2.24. The number of carbonyl (C=O) groups is 2. The average molecular weight is 283 g/mol. The number of rotatable bonds is 4. The third kappa shape index (κ3) is 2.55. The highest BCUT2D eigenvalue weighted by Crippen LogP contribution is 2.35. The molecule has 0 saturated carbocycles. The second-order valence-corrected chi connectivity index (χ2v) is 4.60. The van der Waals surface area contributed by atoms with Crippen molar-refractivity contribution in [2.45, 2.75) is 31.5 Å². The van der Waals surface area contributed by atoms with Gasteiger partial charge in [0.25, 0.3) is 5.91 Å². The number of nitrogens with two attached hydrogens (primary N) is 1. The molecule has 18 heavy (non-hydrogen) atoms. The zero-order valence-corrected chi connectivity index (χ0v) is 10.3. The van der Waals surface area contributed by atoms with Crippen LogP contribution in [0.2, 0.25) is 0 Å². The molecule has 0 spiro atoms. The van der Waals surface area contributed by atoms with Gasteiger partial charge in [-0.05, 0) is 19.8 Å². The maximum absolute atomic E-state index is 12.7. The number of hydrogen-bond acceptors (Lipinski definition) is 3. The Kier molecular flexibility index (Phi) is 3.84. The van der Waals surface area contributed by atoms with Gasteiger partial charge in [-0.2, -0.15) is 13.2 Å². The summed E-state index contributed by atoms with van der Waals surface area (Å²) < 4.78 is 38.1. The summed E-state index contributed by atoms with van der Waals surface area (Å²) in [6.45, 7) is 0.495. The lowest BCUT2D eigenvalue weighted by molar-refractivity contribution is -0.191. The van der Waals surface area contributed by atoms with Crippen LogP contribution in [-0.4, -0.2) is 40.1 Å². The van der Waals surface area contributed by atoms with E-state index in [0.29, 0.717) is 11.8 Å². The molecule has 1 rings (SSSR count). The smallest absolute Gasteiger partial charge is 0.393 e. The van der Waals surface area contributed by atoms with Crippen molar-refractivity contribution >= 4 is 29.1 Å². The molecule has 0 bridgehead atoms. The Labute approximate surface area is 106 Å². The van der Waals surface area contributed by atoms with E-state index in [1.165, 1.54) is 0 Å². The van der Waals surface area contributed by atoms with E-state index in [4.69, 9.17) is 5.73 Å². The minimum absolute atomic E-state index is 0.145. The lowest BCUT2D eigenvalue weighted by Crippen LogP contribution is -2.56. The second kappa shape index (κ2) is 4.71. The van der Waals surface area contributed by atoms with Crippen molar-refractivity contribution in [1.29, 1.82) is 0 Å². The van der Waals surface area contributed by atoms with E-state index >= 15 is 0 Å². The van der Waals surface area contributed by atoms with Gasteiger partial charge in [0.05, 0.1) is 4.99 Å². The number of nitrogens with one attached hydrogen (secondary N) is 1. The van der Waals surface area contributed by atoms with Gasteiger partial charge in [-0.3, -0.25) is 9.69 Å². The summed E-state index contributed by atoms with van der Waals surface area (Å²) in [5, 5.41) is 1.66. The molecular weight excluding hydrogens is 271 g/mol. The van der Waals surface area contributed by atoms with Gasteiger partial charge < -0.3 is 11.1 Å². The van der Waals surface area contributed by atoms with E-state index in [1.807, 2.05) is 0 Å². The Morgan fingerprint density at radius 2 is 2.06 bits per heavy atom. The van der Waals surface area contributed by atoms with Crippen LogP contribution in [0.5, 0.6) is 0 Å². The number of halogens is 3. The molecule has 1 atom stereocenters. The van der Waals surface area contributed by atoms with Crippen LogP contribution in [0.1, 0.15) is 19.8 Å². The molecule has 1 aliphatic rings. The molecule has 3 amide bonds. The Morgan fingerprint density at radius 1 is 1.50 bits per heavy atom. The fraction of sp³-hybridized carbons (Fsp3) is 0.667. The Morgan fingerprint density at radius 3 is 2.44 bits per heavy atom. The Balaban J connectivity index is 2.76. The number of amides is 3. The third-order valence-electron chi connectivity index (χ3n) is 2.65. The fourth-order valence-electron chi connectivity index (χ4n) is 1.50. The van der Waals surface area contributed by atoms with E-state index in [2.05, 4.69) is 12.2 Å². The third-order valence-corrected chi connectivity index (χ3v) is 2.85. The van der Waals surface area contributed by atoms with Gasteiger partial charge in [-0.15, -0.1) is 0 Å². The predicted octanol–water partition coefficient (Wildman–Crippen LogP) is 0.926. The van der Waals surface area contributed by atoms with Crippen LogP contribution in [-0.2, 0) is 4.79 Å². The number of nitrogens with zero attached hydrogens (tertiary/aromatic N) is 1. The normalized spacial score (nSPS) is 24.3. The molecule has 1 unspecified atom stereocenters. The average Bonchev–Trinajstić information content (AvgIpc) is 2.41. The van der Waals surface area contributed by atoms with Crippen LogP contribution >= 0.6 is 12.2 Å². The van der Waals surface area contributed by atoms with Crippen LogP contribution in [0.3, 0.4) is 0 Å². The first-order valence-corrected chi connectivity index (χ1v) is 5.49. The zero-order chi connectivity index (χ0) is 14.1. The van der Waals surface area contributed by atoms with Crippen molar-refractivity contribution in [2.75, 3.05) is 6.54 Å². The molecule has 1 saturated heterocycles. The summed E-state index contributed by atoms with van der Waals surface area (Å²) in [5.41, 5.74) is 2.36. The molecule has 0 aromatic heterocycles. The molecule has 9 heteroatoms. The highest BCUT2D eigenvalue weighted by atomic mass is 32.1. The van der Waals surface area contributed by atoms with E-state index in [-0.39, 0.29) is 24.4 Å². The minimum Gasteiger partial charge on any atom is -0.393 e. The van der Waals surface area contributed by atoms with Crippen LogP contribution in [0, 0.1) is 0 Å². The standard InChI is InChI=1S/C9H12F3N3O2S/c1-8(9(10,11)12)6(16)15(7(17)14-8)4-2-3-5(13)18/h2-4H2,1H3,(H2,13,18)(H,14,17). The predicted molar refractivity (Wildman–Crippen MR) is 60.7 cm³/mol. The number of alkyl halides is 3. The van der Waals surface area contributed by atoms with Crippen LogP contribution in [0.15, 0.2) is 0 Å². The number of thiocarbonyl (C=S) groups is 1. The van der Waals surface area contributed by atoms with Gasteiger partial charge in [0.1, 0.15) is 0 Å². The Bertz CT molecular complexity index is 399. The van der Waals surface area contributed by atoms with Gasteiger partial charge in [0.15, 0.2) is 0 Å². The first-order valence-electron chi connectivity index (χ1n) is 5.08. The first-order chi connectivity index (χ1) is 8.09. The minimum atomic E-state index is -4.84. The summed E-state index contributed by atoms with van der Waals surface area (Å²) in [6, 6.07) is -1.05. The van der Waals surface area contributed by atoms with E-state index in [0.717, 1.165) is 0 Å². The van der Waals surface area contributed by atoms with Crippen molar-refractivity contribution < 1.29 is 22.8 Å². The zero-order valence-electron chi connectivity index (χ0n) is 9.50. The number of carbonyl (C=O) groups excluding carboxylic acids is 2. The highest BCUT2D eigenvalue weighted by molar-refractivity contribution is 7.80. The lowest BCUT2D eigenvalue weighted by atomic mass is 10.0. The molecule has 1 fully saturated rings. The molecule has 5 nitrogen and oxygen atoms in total. The maximum atomic E-state index is 12.7. The SMILES string of the molecule is CC1(C(F)(F)F)NC(=O)N(CCCC(N)=S)C1=O. The molecular formula is C9H12F3N3O2S. The maximum Gasteiger partial charge on any atom is 0.420 e. The molecule has 0 aromatic carbocycles. The largest absolute Gasteiger partial charge is 0.420 e. The van der Waals surface area contributed by atoms with Gasteiger partial charge in [-0.1, -0.05) is 12.2 Å². The van der Waals surface area contributed by atoms with Gasteiger partial charge in [0, 0.05) is 6.54 Å². The van der Waals surface area contributed by atoms with Gasteiger partial charge >= 0.3 is 12.2 Å². The van der Waals surface area contributed by atoms with Crippen molar-refractivity contribution in [2.24, 2.45) is 5.73 Å².